The molecule has 1 atom stereocenters. The van der Waals surface area contributed by atoms with Crippen molar-refractivity contribution in [1.82, 2.24) is 9.78 Å². The van der Waals surface area contributed by atoms with E-state index in [1.165, 1.54) is 6.42 Å². The third-order valence-electron chi connectivity index (χ3n) is 3.59. The zero-order valence-electron chi connectivity index (χ0n) is 12.1. The molecular formula is C16H21N3O. The predicted octanol–water partition coefficient (Wildman–Crippen LogP) is 3.47. The summed E-state index contributed by atoms with van der Waals surface area (Å²) in [6.45, 7) is 4.91. The zero-order chi connectivity index (χ0) is 14.1. The number of aryl methyl sites for hydroxylation is 1. The topological polar surface area (TPSA) is 57.0 Å². The molecule has 0 radical (unpaired) electrons. The van der Waals surface area contributed by atoms with Crippen molar-refractivity contribution in [1.29, 1.82) is 0 Å². The molecular weight excluding hydrogens is 250 g/mol. The number of nitrogens with two attached hydrogens (primary N) is 1. The van der Waals surface area contributed by atoms with Gasteiger partial charge in [0.2, 0.25) is 0 Å². The van der Waals surface area contributed by atoms with E-state index in [1.807, 2.05) is 23.9 Å². The van der Waals surface area contributed by atoms with Crippen LogP contribution in [0.1, 0.15) is 32.4 Å². The maximum atomic E-state index is 5.94. The normalized spacial score (nSPS) is 13.3. The summed E-state index contributed by atoms with van der Waals surface area (Å²) in [5, 5.41) is 6.74. The molecule has 1 aromatic carbocycles. The first kappa shape index (κ1) is 13.2. The highest BCUT2D eigenvalue weighted by Gasteiger charge is 2.12. The van der Waals surface area contributed by atoms with Crippen LogP contribution in [0.4, 0.5) is 0 Å². The molecule has 4 nitrogen and oxygen atoms in total. The second-order valence-corrected chi connectivity index (χ2v) is 5.54. The molecule has 3 aromatic rings. The largest absolute Gasteiger partial charge is 0.461 e. The van der Waals surface area contributed by atoms with Gasteiger partial charge in [0.1, 0.15) is 11.3 Å². The third-order valence-corrected chi connectivity index (χ3v) is 3.59. The van der Waals surface area contributed by atoms with Gasteiger partial charge in [0.05, 0.1) is 18.3 Å². The van der Waals surface area contributed by atoms with Crippen LogP contribution < -0.4 is 5.73 Å². The van der Waals surface area contributed by atoms with Crippen molar-refractivity contribution in [2.75, 3.05) is 0 Å². The Morgan fingerprint density at radius 1 is 1.40 bits per heavy atom. The van der Waals surface area contributed by atoms with Crippen LogP contribution in [-0.4, -0.2) is 15.8 Å². The SMILES string of the molecule is CCCCc1cc2c(ccc3cnn(CC(C)N)c32)o1. The number of unbranched alkanes of at least 4 members (excludes halogenated alkanes) is 1. The fraction of sp³-hybridized carbons (Fsp3) is 0.438. The summed E-state index contributed by atoms with van der Waals surface area (Å²) in [6, 6.07) is 6.34. The Bertz CT molecular complexity index is 724. The van der Waals surface area contributed by atoms with Crippen molar-refractivity contribution in [2.45, 2.75) is 45.7 Å². The molecule has 20 heavy (non-hydrogen) atoms. The highest BCUT2D eigenvalue weighted by atomic mass is 16.3. The average molecular weight is 271 g/mol. The summed E-state index contributed by atoms with van der Waals surface area (Å²) in [5.41, 5.74) is 7.98. The van der Waals surface area contributed by atoms with Crippen LogP contribution in [0.5, 0.6) is 0 Å². The highest BCUT2D eigenvalue weighted by Crippen LogP contribution is 2.29. The molecule has 0 spiro atoms. The molecule has 2 aromatic heterocycles. The Balaban J connectivity index is 2.12. The molecule has 0 aliphatic heterocycles. The lowest BCUT2D eigenvalue weighted by atomic mass is 10.1. The molecule has 1 unspecified atom stereocenters. The Labute approximate surface area is 118 Å². The molecule has 0 amide bonds. The Morgan fingerprint density at radius 3 is 3.00 bits per heavy atom. The summed E-state index contributed by atoms with van der Waals surface area (Å²) in [6.07, 6.45) is 5.22. The van der Waals surface area contributed by atoms with Gasteiger partial charge in [-0.2, -0.15) is 5.10 Å². The van der Waals surface area contributed by atoms with Crippen LogP contribution in [0.15, 0.2) is 28.8 Å². The van der Waals surface area contributed by atoms with Gasteiger partial charge in [-0.05, 0) is 31.5 Å². The van der Waals surface area contributed by atoms with Crippen molar-refractivity contribution < 1.29 is 4.42 Å². The van der Waals surface area contributed by atoms with Crippen LogP contribution in [0.25, 0.3) is 21.9 Å². The molecule has 0 fully saturated rings. The number of fused-ring (bicyclic) bond motifs is 3. The van der Waals surface area contributed by atoms with E-state index in [-0.39, 0.29) is 6.04 Å². The summed E-state index contributed by atoms with van der Waals surface area (Å²) >= 11 is 0. The lowest BCUT2D eigenvalue weighted by molar-refractivity contribution is 0.536. The second-order valence-electron chi connectivity index (χ2n) is 5.54. The van der Waals surface area contributed by atoms with E-state index < -0.39 is 0 Å². The molecule has 3 rings (SSSR count). The minimum Gasteiger partial charge on any atom is -0.461 e. The summed E-state index contributed by atoms with van der Waals surface area (Å²) < 4.78 is 7.92. The smallest absolute Gasteiger partial charge is 0.136 e. The van der Waals surface area contributed by atoms with Gasteiger partial charge < -0.3 is 10.2 Å². The number of hydrogen-bond acceptors (Lipinski definition) is 3. The van der Waals surface area contributed by atoms with Gasteiger partial charge in [-0.1, -0.05) is 13.3 Å². The molecule has 0 aliphatic carbocycles. The number of benzene rings is 1. The van der Waals surface area contributed by atoms with Crippen LogP contribution in [0, 0.1) is 0 Å². The summed E-state index contributed by atoms with van der Waals surface area (Å²) in [5.74, 6) is 1.06. The lowest BCUT2D eigenvalue weighted by Gasteiger charge is -2.06. The Hall–Kier alpha value is -1.81. The van der Waals surface area contributed by atoms with Crippen molar-refractivity contribution in [3.05, 3.63) is 30.2 Å². The molecule has 0 aliphatic rings. The Morgan fingerprint density at radius 2 is 2.25 bits per heavy atom. The number of nitrogens with zero attached hydrogens (tertiary/aromatic N) is 2. The predicted molar refractivity (Wildman–Crippen MR) is 81.8 cm³/mol. The number of furan rings is 1. The van der Waals surface area contributed by atoms with E-state index >= 15 is 0 Å². The first-order valence-corrected chi connectivity index (χ1v) is 7.31. The monoisotopic (exact) mass is 271 g/mol. The number of hydrogen-bond donors (Lipinski definition) is 1. The van der Waals surface area contributed by atoms with E-state index in [0.29, 0.717) is 0 Å². The average Bonchev–Trinajstić information content (AvgIpc) is 2.99. The van der Waals surface area contributed by atoms with Gasteiger partial charge in [-0.25, -0.2) is 0 Å². The first-order valence-electron chi connectivity index (χ1n) is 7.31. The van der Waals surface area contributed by atoms with E-state index in [1.54, 1.807) is 0 Å². The molecule has 106 valence electrons. The maximum Gasteiger partial charge on any atom is 0.136 e. The molecule has 0 saturated heterocycles. The maximum absolute atomic E-state index is 5.94. The van der Waals surface area contributed by atoms with Crippen molar-refractivity contribution >= 4 is 21.9 Å². The second kappa shape index (κ2) is 5.29. The van der Waals surface area contributed by atoms with E-state index in [0.717, 1.165) is 47.0 Å². The molecule has 0 bridgehead atoms. The zero-order valence-corrected chi connectivity index (χ0v) is 12.1. The number of aromatic nitrogens is 2. The minimum absolute atomic E-state index is 0.0832. The van der Waals surface area contributed by atoms with Crippen molar-refractivity contribution in [2.24, 2.45) is 5.73 Å². The van der Waals surface area contributed by atoms with Gasteiger partial charge in [0.15, 0.2) is 0 Å². The molecule has 4 heteroatoms. The van der Waals surface area contributed by atoms with Crippen LogP contribution in [0.2, 0.25) is 0 Å². The van der Waals surface area contributed by atoms with Gasteiger partial charge in [-0.3, -0.25) is 4.68 Å². The standard InChI is InChI=1S/C16H21N3O/c1-3-4-5-13-8-14-15(20-13)7-6-12-9-18-19(16(12)14)10-11(2)17/h6-9,11H,3-5,10,17H2,1-2H3. The van der Waals surface area contributed by atoms with Crippen molar-refractivity contribution in [3.8, 4) is 0 Å². The molecule has 2 N–H and O–H groups in total. The van der Waals surface area contributed by atoms with Crippen LogP contribution in [-0.2, 0) is 13.0 Å². The van der Waals surface area contributed by atoms with E-state index in [4.69, 9.17) is 10.2 Å². The van der Waals surface area contributed by atoms with Gasteiger partial charge in [-0.15, -0.1) is 0 Å². The van der Waals surface area contributed by atoms with Crippen molar-refractivity contribution in [3.63, 3.8) is 0 Å². The van der Waals surface area contributed by atoms with E-state index in [2.05, 4.69) is 24.2 Å². The van der Waals surface area contributed by atoms with Gasteiger partial charge in [0.25, 0.3) is 0 Å². The van der Waals surface area contributed by atoms with E-state index in [9.17, 15) is 0 Å². The summed E-state index contributed by atoms with van der Waals surface area (Å²) in [4.78, 5) is 0. The Kier molecular flexibility index (Phi) is 3.49. The fourth-order valence-corrected chi connectivity index (χ4v) is 2.63. The number of rotatable bonds is 5. The van der Waals surface area contributed by atoms with Crippen LogP contribution >= 0.6 is 0 Å². The summed E-state index contributed by atoms with van der Waals surface area (Å²) in [7, 11) is 0. The minimum atomic E-state index is 0.0832. The molecule has 0 saturated carbocycles. The van der Waals surface area contributed by atoms with Gasteiger partial charge in [0, 0.05) is 23.2 Å². The third kappa shape index (κ3) is 2.31. The highest BCUT2D eigenvalue weighted by molar-refractivity contribution is 6.03. The van der Waals surface area contributed by atoms with Gasteiger partial charge >= 0.3 is 0 Å². The fourth-order valence-electron chi connectivity index (χ4n) is 2.63. The van der Waals surface area contributed by atoms with Crippen LogP contribution in [0.3, 0.4) is 0 Å². The molecule has 2 heterocycles. The first-order chi connectivity index (χ1) is 9.69. The quantitative estimate of drug-likeness (QED) is 0.773. The lowest BCUT2D eigenvalue weighted by Crippen LogP contribution is -2.22.